The summed E-state index contributed by atoms with van der Waals surface area (Å²) in [5.74, 6) is -2.05. The van der Waals surface area contributed by atoms with Gasteiger partial charge in [-0.25, -0.2) is 0 Å². The number of carbonyl (C=O) groups excluding carboxylic acids is 1. The van der Waals surface area contributed by atoms with E-state index in [1.54, 1.807) is 0 Å². The van der Waals surface area contributed by atoms with E-state index < -0.39 is 73.0 Å². The quantitative estimate of drug-likeness (QED) is 0.121. The number of hydrogen-bond acceptors (Lipinski definition) is 9. The summed E-state index contributed by atoms with van der Waals surface area (Å²) in [7, 11) is -14.8. The van der Waals surface area contributed by atoms with Crippen molar-refractivity contribution in [1.82, 2.24) is 0 Å². The van der Waals surface area contributed by atoms with Gasteiger partial charge in [-0.15, -0.1) is 0 Å². The minimum absolute atomic E-state index is 0. The number of phenols is 1. The number of nitrogens with one attached hydrogen (secondary N) is 1. The molecule has 1 amide bonds. The maximum atomic E-state index is 12.7. The monoisotopic (exact) mass is 590 g/mol. The van der Waals surface area contributed by atoms with Gasteiger partial charge in [0.1, 0.15) is 15.5 Å². The fraction of sp³-hybridized carbons (Fsp3) is 0. The topological polar surface area (TPSA) is 238 Å². The Bertz CT molecular complexity index is 1660. The molecule has 0 fully saturated rings. The molecular formula is C17H17N2Na3O11S3. The molecule has 0 radical (unpaired) electrons. The number of hydrogen-bond donors (Lipinski definition) is 6. The van der Waals surface area contributed by atoms with Crippen LogP contribution in [0.1, 0.15) is 10.4 Å². The van der Waals surface area contributed by atoms with Crippen LogP contribution in [0.15, 0.2) is 57.2 Å². The first-order valence-electron chi connectivity index (χ1n) is 8.43. The van der Waals surface area contributed by atoms with E-state index >= 15 is 0 Å². The van der Waals surface area contributed by atoms with Gasteiger partial charge in [0.25, 0.3) is 36.3 Å². The molecule has 36 heavy (non-hydrogen) atoms. The van der Waals surface area contributed by atoms with E-state index in [9.17, 15) is 48.8 Å². The number of carbonyl (C=O) groups is 1. The number of benzene rings is 3. The van der Waals surface area contributed by atoms with Gasteiger partial charge in [0.2, 0.25) is 0 Å². The third-order valence-electron chi connectivity index (χ3n) is 4.38. The molecule has 0 saturated carbocycles. The number of amides is 1. The van der Waals surface area contributed by atoms with Gasteiger partial charge in [-0.05, 0) is 36.4 Å². The van der Waals surface area contributed by atoms with Crippen LogP contribution in [-0.2, 0) is 30.4 Å². The zero-order valence-corrected chi connectivity index (χ0v) is 18.4. The van der Waals surface area contributed by atoms with E-state index in [1.807, 2.05) is 0 Å². The first kappa shape index (κ1) is 35.7. The first-order chi connectivity index (χ1) is 15.0. The van der Waals surface area contributed by atoms with Crippen LogP contribution >= 0.6 is 0 Å². The number of nitrogen functional groups attached to an aromatic ring is 1. The Hall–Kier alpha value is -0.280. The van der Waals surface area contributed by atoms with E-state index in [0.29, 0.717) is 12.1 Å². The minimum atomic E-state index is -4.96. The van der Waals surface area contributed by atoms with Crippen LogP contribution in [0.5, 0.6) is 5.75 Å². The van der Waals surface area contributed by atoms with Crippen molar-refractivity contribution in [3.63, 3.8) is 0 Å². The molecule has 0 unspecified atom stereocenters. The number of phenolic OH excluding ortho intramolecular Hbond substituents is 1. The molecule has 0 heterocycles. The van der Waals surface area contributed by atoms with Crippen molar-refractivity contribution < 1.29 is 48.8 Å². The van der Waals surface area contributed by atoms with Crippen LogP contribution in [0.2, 0.25) is 0 Å². The summed E-state index contributed by atoms with van der Waals surface area (Å²) in [5, 5.41) is 11.5. The SMILES string of the molecule is Nc1ccc(C(=O)Nc2ccc(S(=O)(=O)O)c3cc(S(=O)(=O)O)cc(O)c23)c(S(=O)(=O)O)c1.[NaH].[NaH].[NaH]. The standard InChI is InChI=1S/C17H14N2O11S3.3Na.3H/c18-8-1-2-10(15(5-8)33(28,29)30)17(21)19-12-3-4-14(32(25,26)27)11-6-9(31(22,23)24)7-13(20)16(11)12;;;;;;/h1-7,20H,18H2,(H,19,21)(H,22,23,24)(H,25,26,27)(H,28,29,30);;;;;;. The van der Waals surface area contributed by atoms with E-state index in [4.69, 9.17) is 5.73 Å². The average Bonchev–Trinajstić information content (AvgIpc) is 2.65. The van der Waals surface area contributed by atoms with E-state index in [-0.39, 0.29) is 100 Å². The summed E-state index contributed by atoms with van der Waals surface area (Å²) >= 11 is 0. The van der Waals surface area contributed by atoms with Crippen LogP contribution in [0.25, 0.3) is 10.8 Å². The summed E-state index contributed by atoms with van der Waals surface area (Å²) in [6.45, 7) is 0. The molecule has 0 aliphatic rings. The van der Waals surface area contributed by atoms with Crippen LogP contribution in [0.4, 0.5) is 11.4 Å². The number of rotatable bonds is 5. The van der Waals surface area contributed by atoms with Gasteiger partial charge in [-0.3, -0.25) is 18.5 Å². The number of aromatic hydroxyl groups is 1. The van der Waals surface area contributed by atoms with Gasteiger partial charge in [-0.2, -0.15) is 25.3 Å². The molecule has 7 N–H and O–H groups in total. The van der Waals surface area contributed by atoms with Gasteiger partial charge in [0.05, 0.1) is 16.1 Å². The molecule has 3 rings (SSSR count). The van der Waals surface area contributed by atoms with Crippen LogP contribution in [0.3, 0.4) is 0 Å². The summed E-state index contributed by atoms with van der Waals surface area (Å²) in [4.78, 5) is 10.1. The predicted molar refractivity (Wildman–Crippen MR) is 135 cm³/mol. The Morgan fingerprint density at radius 2 is 1.31 bits per heavy atom. The molecule has 0 aliphatic heterocycles. The molecule has 0 atom stereocenters. The number of nitrogens with two attached hydrogens (primary N) is 1. The molecule has 0 aromatic heterocycles. The fourth-order valence-corrected chi connectivity index (χ4v) is 4.95. The molecule has 13 nitrogen and oxygen atoms in total. The Kier molecular flexibility index (Phi) is 12.6. The third kappa shape index (κ3) is 7.87. The van der Waals surface area contributed by atoms with E-state index in [2.05, 4.69) is 5.32 Å². The second-order valence-electron chi connectivity index (χ2n) is 6.61. The van der Waals surface area contributed by atoms with Gasteiger partial charge < -0.3 is 16.2 Å². The molecule has 0 saturated heterocycles. The van der Waals surface area contributed by atoms with Crippen molar-refractivity contribution >= 4 is 147 Å². The first-order valence-corrected chi connectivity index (χ1v) is 12.8. The Labute approximate surface area is 272 Å². The second-order valence-corrected chi connectivity index (χ2v) is 10.8. The molecule has 0 aliphatic carbocycles. The van der Waals surface area contributed by atoms with Crippen molar-refractivity contribution in [2.45, 2.75) is 14.7 Å². The van der Waals surface area contributed by atoms with Crippen molar-refractivity contribution in [1.29, 1.82) is 0 Å². The Morgan fingerprint density at radius 3 is 1.81 bits per heavy atom. The van der Waals surface area contributed by atoms with Crippen molar-refractivity contribution in [2.24, 2.45) is 0 Å². The van der Waals surface area contributed by atoms with Crippen LogP contribution < -0.4 is 11.1 Å². The van der Waals surface area contributed by atoms with Gasteiger partial charge >= 0.3 is 88.7 Å². The summed E-state index contributed by atoms with van der Waals surface area (Å²) in [5.41, 5.74) is 4.51. The number of anilines is 2. The third-order valence-corrected chi connectivity index (χ3v) is 7.02. The molecule has 3 aromatic carbocycles. The van der Waals surface area contributed by atoms with Crippen LogP contribution in [0, 0.1) is 0 Å². The van der Waals surface area contributed by atoms with Gasteiger partial charge in [-0.1, -0.05) is 0 Å². The zero-order chi connectivity index (χ0) is 24.9. The van der Waals surface area contributed by atoms with Crippen LogP contribution in [-0.4, -0.2) is 139 Å². The summed E-state index contributed by atoms with van der Waals surface area (Å²) in [6.07, 6.45) is 0. The average molecular weight is 590 g/mol. The Morgan fingerprint density at radius 1 is 0.750 bits per heavy atom. The molecule has 182 valence electrons. The normalized spacial score (nSPS) is 11.5. The molecule has 0 spiro atoms. The molecule has 19 heteroatoms. The maximum absolute atomic E-state index is 12.7. The Balaban J connectivity index is 0.00000408. The summed E-state index contributed by atoms with van der Waals surface area (Å²) < 4.78 is 97.7. The molecular weight excluding hydrogens is 573 g/mol. The molecule has 0 bridgehead atoms. The predicted octanol–water partition coefficient (Wildman–Crippen LogP) is -0.826. The van der Waals surface area contributed by atoms with Gasteiger partial charge in [0.15, 0.2) is 0 Å². The van der Waals surface area contributed by atoms with E-state index in [1.165, 1.54) is 6.07 Å². The molecule has 3 aromatic rings. The fourth-order valence-electron chi connectivity index (χ4n) is 3.02. The van der Waals surface area contributed by atoms with Crippen molar-refractivity contribution in [3.8, 4) is 5.75 Å². The summed E-state index contributed by atoms with van der Waals surface area (Å²) in [6, 6.07) is 5.87. The van der Waals surface area contributed by atoms with E-state index in [0.717, 1.165) is 24.3 Å². The number of fused-ring (bicyclic) bond motifs is 1. The second kappa shape index (κ2) is 12.7. The zero-order valence-electron chi connectivity index (χ0n) is 16.0. The van der Waals surface area contributed by atoms with Crippen molar-refractivity contribution in [3.05, 3.63) is 48.0 Å². The van der Waals surface area contributed by atoms with Crippen molar-refractivity contribution in [2.75, 3.05) is 11.1 Å². The van der Waals surface area contributed by atoms with Gasteiger partial charge in [0, 0.05) is 22.5 Å².